The van der Waals surface area contributed by atoms with Crippen LogP contribution in [0.25, 0.3) is 0 Å². The normalized spacial score (nSPS) is 19.8. The van der Waals surface area contributed by atoms with Crippen molar-refractivity contribution in [2.24, 2.45) is 0 Å². The van der Waals surface area contributed by atoms with Crippen molar-refractivity contribution in [1.82, 2.24) is 10.2 Å². The maximum Gasteiger partial charge on any atom is 0.0603 e. The first-order chi connectivity index (χ1) is 7.03. The largest absolute Gasteiger partial charge is 0.390 e. The standard InChI is InChI=1S/C12H26N2O/c1-4-14(10-7-12(2,3)15)11-5-8-13-9-6-11/h11,13,15H,4-10H2,1-3H3. The van der Waals surface area contributed by atoms with E-state index in [1.807, 2.05) is 13.8 Å². The first-order valence-corrected chi connectivity index (χ1v) is 6.20. The summed E-state index contributed by atoms with van der Waals surface area (Å²) in [6.45, 7) is 10.4. The molecule has 0 saturated carbocycles. The van der Waals surface area contributed by atoms with Gasteiger partial charge in [0.15, 0.2) is 0 Å². The average molecular weight is 214 g/mol. The van der Waals surface area contributed by atoms with Gasteiger partial charge in [-0.1, -0.05) is 6.92 Å². The molecule has 0 aliphatic carbocycles. The Morgan fingerprint density at radius 1 is 1.33 bits per heavy atom. The molecule has 3 nitrogen and oxygen atoms in total. The lowest BCUT2D eigenvalue weighted by atomic mass is 10.0. The third-order valence-corrected chi connectivity index (χ3v) is 3.24. The summed E-state index contributed by atoms with van der Waals surface area (Å²) in [6.07, 6.45) is 3.37. The van der Waals surface area contributed by atoms with Crippen molar-refractivity contribution in [3.05, 3.63) is 0 Å². The van der Waals surface area contributed by atoms with Crippen LogP contribution in [0.15, 0.2) is 0 Å². The molecule has 0 spiro atoms. The van der Waals surface area contributed by atoms with E-state index < -0.39 is 5.60 Å². The summed E-state index contributed by atoms with van der Waals surface area (Å²) < 4.78 is 0. The number of hydrogen-bond donors (Lipinski definition) is 2. The quantitative estimate of drug-likeness (QED) is 0.722. The Labute approximate surface area is 93.9 Å². The lowest BCUT2D eigenvalue weighted by Gasteiger charge is -2.35. The molecule has 0 aromatic rings. The maximum absolute atomic E-state index is 9.72. The number of nitrogens with one attached hydrogen (secondary N) is 1. The summed E-state index contributed by atoms with van der Waals surface area (Å²) >= 11 is 0. The summed E-state index contributed by atoms with van der Waals surface area (Å²) in [5.74, 6) is 0. The Morgan fingerprint density at radius 3 is 2.40 bits per heavy atom. The third-order valence-electron chi connectivity index (χ3n) is 3.24. The van der Waals surface area contributed by atoms with Crippen LogP contribution in [0.4, 0.5) is 0 Å². The van der Waals surface area contributed by atoms with Crippen LogP contribution in [-0.4, -0.2) is 47.8 Å². The number of rotatable bonds is 5. The summed E-state index contributed by atoms with van der Waals surface area (Å²) in [5, 5.41) is 13.1. The fourth-order valence-corrected chi connectivity index (χ4v) is 2.19. The van der Waals surface area contributed by atoms with Gasteiger partial charge in [0, 0.05) is 12.6 Å². The van der Waals surface area contributed by atoms with Gasteiger partial charge in [-0.3, -0.25) is 0 Å². The highest BCUT2D eigenvalue weighted by molar-refractivity contribution is 4.78. The Bertz CT molecular complexity index is 171. The molecule has 90 valence electrons. The predicted molar refractivity (Wildman–Crippen MR) is 64.1 cm³/mol. The molecular formula is C12H26N2O. The predicted octanol–water partition coefficient (Wildman–Crippen LogP) is 1.22. The number of piperidine rings is 1. The van der Waals surface area contributed by atoms with E-state index in [0.29, 0.717) is 0 Å². The van der Waals surface area contributed by atoms with Crippen LogP contribution in [0.5, 0.6) is 0 Å². The van der Waals surface area contributed by atoms with E-state index >= 15 is 0 Å². The van der Waals surface area contributed by atoms with Gasteiger partial charge in [-0.05, 0) is 52.7 Å². The van der Waals surface area contributed by atoms with Crippen molar-refractivity contribution in [2.45, 2.75) is 51.7 Å². The van der Waals surface area contributed by atoms with Crippen molar-refractivity contribution in [1.29, 1.82) is 0 Å². The van der Waals surface area contributed by atoms with Crippen LogP contribution in [0, 0.1) is 0 Å². The first-order valence-electron chi connectivity index (χ1n) is 6.20. The van der Waals surface area contributed by atoms with Gasteiger partial charge in [-0.2, -0.15) is 0 Å². The van der Waals surface area contributed by atoms with Gasteiger partial charge >= 0.3 is 0 Å². The SMILES string of the molecule is CCN(CCC(C)(C)O)C1CCNCC1. The molecule has 15 heavy (non-hydrogen) atoms. The zero-order chi connectivity index (χ0) is 11.3. The minimum absolute atomic E-state index is 0.527. The zero-order valence-corrected chi connectivity index (χ0v) is 10.4. The third kappa shape index (κ3) is 4.96. The summed E-state index contributed by atoms with van der Waals surface area (Å²) in [4.78, 5) is 2.51. The van der Waals surface area contributed by atoms with E-state index in [4.69, 9.17) is 0 Å². The molecule has 3 heteroatoms. The molecule has 1 aliphatic heterocycles. The topological polar surface area (TPSA) is 35.5 Å². The highest BCUT2D eigenvalue weighted by Crippen LogP contribution is 2.15. The Kier molecular flexibility index (Phi) is 5.03. The zero-order valence-electron chi connectivity index (χ0n) is 10.4. The molecule has 0 aromatic carbocycles. The molecule has 1 aliphatic rings. The lowest BCUT2D eigenvalue weighted by Crippen LogP contribution is -2.44. The highest BCUT2D eigenvalue weighted by atomic mass is 16.3. The fourth-order valence-electron chi connectivity index (χ4n) is 2.19. The second-order valence-corrected chi connectivity index (χ2v) is 5.17. The van der Waals surface area contributed by atoms with Gasteiger partial charge in [0.25, 0.3) is 0 Å². The van der Waals surface area contributed by atoms with Gasteiger partial charge in [-0.15, -0.1) is 0 Å². The van der Waals surface area contributed by atoms with Crippen molar-refractivity contribution in [2.75, 3.05) is 26.2 Å². The van der Waals surface area contributed by atoms with E-state index in [0.717, 1.165) is 38.6 Å². The monoisotopic (exact) mass is 214 g/mol. The van der Waals surface area contributed by atoms with Crippen molar-refractivity contribution >= 4 is 0 Å². The van der Waals surface area contributed by atoms with Gasteiger partial charge < -0.3 is 15.3 Å². The highest BCUT2D eigenvalue weighted by Gasteiger charge is 2.21. The van der Waals surface area contributed by atoms with E-state index in [1.54, 1.807) is 0 Å². The lowest BCUT2D eigenvalue weighted by molar-refractivity contribution is 0.0486. The van der Waals surface area contributed by atoms with Crippen LogP contribution >= 0.6 is 0 Å². The first kappa shape index (κ1) is 12.9. The average Bonchev–Trinajstić information content (AvgIpc) is 2.19. The molecule has 1 heterocycles. The molecule has 0 unspecified atom stereocenters. The molecule has 0 amide bonds. The maximum atomic E-state index is 9.72. The smallest absolute Gasteiger partial charge is 0.0603 e. The van der Waals surface area contributed by atoms with E-state index in [-0.39, 0.29) is 0 Å². The Morgan fingerprint density at radius 2 is 1.93 bits per heavy atom. The van der Waals surface area contributed by atoms with E-state index in [1.165, 1.54) is 12.8 Å². The number of hydrogen-bond acceptors (Lipinski definition) is 3. The van der Waals surface area contributed by atoms with Crippen LogP contribution in [0.3, 0.4) is 0 Å². The molecule has 2 N–H and O–H groups in total. The molecule has 1 fully saturated rings. The molecule has 0 atom stereocenters. The van der Waals surface area contributed by atoms with Crippen LogP contribution in [0.1, 0.15) is 40.0 Å². The molecule has 0 bridgehead atoms. The van der Waals surface area contributed by atoms with Crippen LogP contribution in [-0.2, 0) is 0 Å². The van der Waals surface area contributed by atoms with E-state index in [2.05, 4.69) is 17.1 Å². The molecule has 1 rings (SSSR count). The van der Waals surface area contributed by atoms with Crippen LogP contribution < -0.4 is 5.32 Å². The van der Waals surface area contributed by atoms with Crippen molar-refractivity contribution < 1.29 is 5.11 Å². The number of nitrogens with zero attached hydrogens (tertiary/aromatic N) is 1. The van der Waals surface area contributed by atoms with Crippen molar-refractivity contribution in [3.63, 3.8) is 0 Å². The molecule has 0 aromatic heterocycles. The van der Waals surface area contributed by atoms with Gasteiger partial charge in [-0.25, -0.2) is 0 Å². The molecule has 1 saturated heterocycles. The van der Waals surface area contributed by atoms with E-state index in [9.17, 15) is 5.11 Å². The van der Waals surface area contributed by atoms with Crippen LogP contribution in [0.2, 0.25) is 0 Å². The number of aliphatic hydroxyl groups is 1. The second kappa shape index (κ2) is 5.83. The minimum atomic E-state index is -0.527. The van der Waals surface area contributed by atoms with Gasteiger partial charge in [0.05, 0.1) is 5.60 Å². The van der Waals surface area contributed by atoms with Crippen molar-refractivity contribution in [3.8, 4) is 0 Å². The fraction of sp³-hybridized carbons (Fsp3) is 1.00. The minimum Gasteiger partial charge on any atom is -0.390 e. The Balaban J connectivity index is 2.34. The summed E-state index contributed by atoms with van der Waals surface area (Å²) in [7, 11) is 0. The van der Waals surface area contributed by atoms with Gasteiger partial charge in [0.2, 0.25) is 0 Å². The van der Waals surface area contributed by atoms with Gasteiger partial charge in [0.1, 0.15) is 0 Å². The summed E-state index contributed by atoms with van der Waals surface area (Å²) in [5.41, 5.74) is -0.527. The second-order valence-electron chi connectivity index (χ2n) is 5.17. The molecular weight excluding hydrogens is 188 g/mol. The molecule has 0 radical (unpaired) electrons. The Hall–Kier alpha value is -0.120. The summed E-state index contributed by atoms with van der Waals surface area (Å²) in [6, 6.07) is 0.721.